The maximum atomic E-state index is 11.4. The van der Waals surface area contributed by atoms with Crippen LogP contribution in [0.5, 0.6) is 0 Å². The third kappa shape index (κ3) is 5.56. The predicted molar refractivity (Wildman–Crippen MR) is 89.7 cm³/mol. The average Bonchev–Trinajstić information content (AvgIpc) is 3.16. The molecule has 1 atom stereocenters. The van der Waals surface area contributed by atoms with Gasteiger partial charge in [0.05, 0.1) is 18.5 Å². The fourth-order valence-electron chi connectivity index (χ4n) is 2.88. The van der Waals surface area contributed by atoms with Crippen LogP contribution in [0.2, 0.25) is 0 Å². The zero-order valence-electron chi connectivity index (χ0n) is 14.3. The molecule has 2 heterocycles. The van der Waals surface area contributed by atoms with Crippen LogP contribution in [0.15, 0.2) is 10.6 Å². The van der Waals surface area contributed by atoms with Crippen molar-refractivity contribution in [3.8, 4) is 0 Å². The van der Waals surface area contributed by atoms with Crippen LogP contribution >= 0.6 is 0 Å². The third-order valence-electron chi connectivity index (χ3n) is 4.40. The summed E-state index contributed by atoms with van der Waals surface area (Å²) >= 11 is 0. The van der Waals surface area contributed by atoms with Gasteiger partial charge in [-0.15, -0.1) is 0 Å². The molecule has 0 radical (unpaired) electrons. The van der Waals surface area contributed by atoms with E-state index in [0.29, 0.717) is 19.0 Å². The highest BCUT2D eigenvalue weighted by Crippen LogP contribution is 2.17. The molecule has 1 N–H and O–H groups in total. The zero-order chi connectivity index (χ0) is 16.9. The zero-order valence-corrected chi connectivity index (χ0v) is 15.1. The first-order chi connectivity index (χ1) is 10.9. The molecule has 1 aliphatic rings. The number of sulfonamides is 1. The number of aromatic nitrogens is 1. The summed E-state index contributed by atoms with van der Waals surface area (Å²) in [6.45, 7) is 5.58. The van der Waals surface area contributed by atoms with Gasteiger partial charge in [-0.05, 0) is 40.0 Å². The van der Waals surface area contributed by atoms with Crippen LogP contribution in [0.4, 0.5) is 0 Å². The molecule has 1 aromatic rings. The summed E-state index contributed by atoms with van der Waals surface area (Å²) in [5, 5.41) is 0. The summed E-state index contributed by atoms with van der Waals surface area (Å²) in [6, 6.07) is 0.466. The van der Waals surface area contributed by atoms with Crippen LogP contribution < -0.4 is 4.72 Å². The van der Waals surface area contributed by atoms with E-state index in [1.807, 2.05) is 0 Å². The Balaban J connectivity index is 1.73. The number of oxazole rings is 1. The fraction of sp³-hybridized carbons (Fsp3) is 0.800. The van der Waals surface area contributed by atoms with Crippen molar-refractivity contribution in [1.82, 2.24) is 19.5 Å². The molecule has 23 heavy (non-hydrogen) atoms. The lowest BCUT2D eigenvalue weighted by Gasteiger charge is -2.23. The van der Waals surface area contributed by atoms with Crippen molar-refractivity contribution in [2.75, 3.05) is 39.5 Å². The molecule has 0 amide bonds. The van der Waals surface area contributed by atoms with Crippen molar-refractivity contribution in [3.05, 3.63) is 17.8 Å². The molecule has 0 aromatic carbocycles. The largest absolute Gasteiger partial charge is 0.444 e. The van der Waals surface area contributed by atoms with E-state index < -0.39 is 10.0 Å². The Morgan fingerprint density at radius 1 is 1.52 bits per heavy atom. The first kappa shape index (κ1) is 18.4. The highest BCUT2D eigenvalue weighted by molar-refractivity contribution is 7.89. The van der Waals surface area contributed by atoms with E-state index in [2.05, 4.69) is 33.5 Å². The molecule has 0 unspecified atom stereocenters. The highest BCUT2D eigenvalue weighted by atomic mass is 32.2. The molecule has 0 bridgehead atoms. The van der Waals surface area contributed by atoms with Crippen LogP contribution in [0.25, 0.3) is 0 Å². The molecule has 0 spiro atoms. The quantitative estimate of drug-likeness (QED) is 0.710. The lowest BCUT2D eigenvalue weighted by atomic mass is 10.2. The Kier molecular flexibility index (Phi) is 6.58. The van der Waals surface area contributed by atoms with Gasteiger partial charge in [-0.1, -0.05) is 6.92 Å². The number of hydrogen-bond donors (Lipinski definition) is 1. The van der Waals surface area contributed by atoms with Gasteiger partial charge in [-0.25, -0.2) is 18.1 Å². The standard InChI is InChI=1S/C15H28N4O3S/c1-4-14-10-17-15(22-14)12-18(3)13-6-8-19(11-13)7-5-9-23(20,21)16-2/h10,13,16H,4-9,11-12H2,1-3H3/t13-/m0/s1. The average molecular weight is 344 g/mol. The van der Waals surface area contributed by atoms with E-state index in [9.17, 15) is 8.42 Å². The Morgan fingerprint density at radius 2 is 2.30 bits per heavy atom. The minimum absolute atomic E-state index is 0.191. The molecule has 8 heteroatoms. The Morgan fingerprint density at radius 3 is 2.96 bits per heavy atom. The summed E-state index contributed by atoms with van der Waals surface area (Å²) in [7, 11) is 0.464. The van der Waals surface area contributed by atoms with Gasteiger partial charge >= 0.3 is 0 Å². The number of nitrogens with zero attached hydrogens (tertiary/aromatic N) is 3. The number of rotatable bonds is 9. The van der Waals surface area contributed by atoms with E-state index in [1.54, 1.807) is 6.20 Å². The van der Waals surface area contributed by atoms with E-state index in [0.717, 1.165) is 44.1 Å². The van der Waals surface area contributed by atoms with Gasteiger partial charge in [0.2, 0.25) is 15.9 Å². The SMILES string of the molecule is CCc1cnc(CN(C)[C@H]2CCN(CCCS(=O)(=O)NC)C2)o1. The van der Waals surface area contributed by atoms with Crippen molar-refractivity contribution >= 4 is 10.0 Å². The molecular formula is C15H28N4O3S. The molecule has 2 rings (SSSR count). The van der Waals surface area contributed by atoms with Gasteiger partial charge in [0.25, 0.3) is 0 Å². The monoisotopic (exact) mass is 344 g/mol. The molecule has 0 saturated carbocycles. The van der Waals surface area contributed by atoms with Crippen LogP contribution in [0.1, 0.15) is 31.4 Å². The minimum Gasteiger partial charge on any atom is -0.444 e. The van der Waals surface area contributed by atoms with E-state index in [4.69, 9.17) is 4.42 Å². The molecule has 1 saturated heterocycles. The van der Waals surface area contributed by atoms with E-state index >= 15 is 0 Å². The van der Waals surface area contributed by atoms with Gasteiger partial charge in [-0.2, -0.15) is 0 Å². The normalized spacial score (nSPS) is 19.7. The fourth-order valence-corrected chi connectivity index (χ4v) is 3.60. The number of likely N-dealkylation sites (N-methyl/N-ethyl adjacent to an activating group) is 1. The number of nitrogens with one attached hydrogen (secondary N) is 1. The van der Waals surface area contributed by atoms with Gasteiger partial charge in [0.15, 0.2) is 0 Å². The summed E-state index contributed by atoms with van der Waals surface area (Å²) in [5.74, 6) is 1.88. The van der Waals surface area contributed by atoms with E-state index in [1.165, 1.54) is 7.05 Å². The minimum atomic E-state index is -3.09. The first-order valence-electron chi connectivity index (χ1n) is 8.21. The lowest BCUT2D eigenvalue weighted by molar-refractivity contribution is 0.206. The van der Waals surface area contributed by atoms with Gasteiger partial charge in [-0.3, -0.25) is 4.90 Å². The first-order valence-corrected chi connectivity index (χ1v) is 9.86. The van der Waals surface area contributed by atoms with Crippen LogP contribution in [-0.2, 0) is 23.0 Å². The smallest absolute Gasteiger partial charge is 0.211 e. The summed E-state index contributed by atoms with van der Waals surface area (Å²) in [5.41, 5.74) is 0. The summed E-state index contributed by atoms with van der Waals surface area (Å²) in [6.07, 6.45) is 4.42. The van der Waals surface area contributed by atoms with Crippen molar-refractivity contribution in [3.63, 3.8) is 0 Å². The predicted octanol–water partition coefficient (Wildman–Crippen LogP) is 0.682. The third-order valence-corrected chi connectivity index (χ3v) is 5.85. The second-order valence-electron chi connectivity index (χ2n) is 6.11. The highest BCUT2D eigenvalue weighted by Gasteiger charge is 2.26. The Bertz CT molecular complexity index is 587. The molecule has 0 aliphatic carbocycles. The van der Waals surface area contributed by atoms with Gasteiger partial charge in [0.1, 0.15) is 5.76 Å². The van der Waals surface area contributed by atoms with E-state index in [-0.39, 0.29) is 5.75 Å². The van der Waals surface area contributed by atoms with Crippen molar-refractivity contribution < 1.29 is 12.8 Å². The molecule has 7 nitrogen and oxygen atoms in total. The van der Waals surface area contributed by atoms with Gasteiger partial charge < -0.3 is 9.32 Å². The summed E-state index contributed by atoms with van der Waals surface area (Å²) in [4.78, 5) is 8.91. The molecular weight excluding hydrogens is 316 g/mol. The van der Waals surface area contributed by atoms with Crippen molar-refractivity contribution in [1.29, 1.82) is 0 Å². The molecule has 132 valence electrons. The second kappa shape index (κ2) is 8.23. The topological polar surface area (TPSA) is 78.7 Å². The number of hydrogen-bond acceptors (Lipinski definition) is 6. The molecule has 1 aromatic heterocycles. The van der Waals surface area contributed by atoms with Crippen LogP contribution in [-0.4, -0.2) is 68.7 Å². The van der Waals surface area contributed by atoms with Gasteiger partial charge in [0, 0.05) is 19.0 Å². The molecule has 1 fully saturated rings. The summed E-state index contributed by atoms with van der Waals surface area (Å²) < 4.78 is 30.9. The second-order valence-corrected chi connectivity index (χ2v) is 8.15. The maximum absolute atomic E-state index is 11.4. The maximum Gasteiger partial charge on any atom is 0.211 e. The number of likely N-dealkylation sites (tertiary alicyclic amines) is 1. The van der Waals surface area contributed by atoms with Crippen molar-refractivity contribution in [2.24, 2.45) is 0 Å². The van der Waals surface area contributed by atoms with Crippen molar-refractivity contribution in [2.45, 2.75) is 38.8 Å². The van der Waals surface area contributed by atoms with Crippen LogP contribution in [0.3, 0.4) is 0 Å². The lowest BCUT2D eigenvalue weighted by Crippen LogP contribution is -2.35. The Hall–Kier alpha value is -0.960. The molecule has 1 aliphatic heterocycles. The Labute approximate surface area is 139 Å². The number of aryl methyl sites for hydroxylation is 1. The van der Waals surface area contributed by atoms with Crippen LogP contribution in [0, 0.1) is 0 Å².